The topological polar surface area (TPSA) is 784 Å². The van der Waals surface area contributed by atoms with E-state index in [0.29, 0.717) is 0 Å². The van der Waals surface area contributed by atoms with E-state index in [1.807, 2.05) is 0 Å². The number of ether oxygens (including phenoxy) is 15. The first kappa shape index (κ1) is 76.7. The molecule has 96 heavy (non-hydrogen) atoms. The molecular weight excluding hydrogens is 1340 g/mol. The first-order valence-corrected chi connectivity index (χ1v) is 28.1. The molecule has 48 heteroatoms. The van der Waals surface area contributed by atoms with Gasteiger partial charge in [-0.1, -0.05) is 0 Å². The van der Waals surface area contributed by atoms with Gasteiger partial charge in [-0.25, -0.2) is 33.6 Å². The number of carboxylic acid groups (broad SMARTS) is 7. The fourth-order valence-electron chi connectivity index (χ4n) is 11.3. The standard InChI is InChI=1S/C48H68O48/c49-1-2-20(5(52)12(59)41(81)82-2)83-43-14(61)6(53)22(28(91-43)35(69)70)85-45-16(63)8(55)24(30(93-45)37(73)74)87-47-18(65)10(57)26(32(95-47)39(77)78)89-48-19(66)11(58)25(33(96-48)40(79)80)88-46-17(64)9(56)23(31(94-46)38(75)76)86-44-15(62)7(54)21(29(92-44)36(71)72)84-42-13(60)3(50)4(51)27(90-42)34(67)68/h2-33,41-66,81H,1H2,(H,67,68)(H,69,70)(H,71,72)(H,73,74)(H,75,76)(H,77,78)(H,79,80)/t2-,3+,4-,5-,6-,7-,8-,9-,10-,11-,12-,13-,14-,15-,16-,17-,18-,19-,20+,21-,22-,23-,24-,25-,26-,27+,28+,29+,30+,31+,32+,33+,41?,42+,43+,44+,45+,46+,47+,48+/m1/s1. The molecule has 8 aliphatic heterocycles. The third kappa shape index (κ3) is 15.2. The summed E-state index contributed by atoms with van der Waals surface area (Å²) in [6, 6.07) is 0. The molecule has 0 aromatic rings. The Morgan fingerprint density at radius 2 is 0.396 bits per heavy atom. The highest BCUT2D eigenvalue weighted by molar-refractivity contribution is 5.76. The van der Waals surface area contributed by atoms with Gasteiger partial charge in [0.05, 0.1) is 6.61 Å². The summed E-state index contributed by atoms with van der Waals surface area (Å²) in [5, 5.41) is 274. The van der Waals surface area contributed by atoms with Crippen LogP contribution in [0.15, 0.2) is 0 Å². The molecule has 0 aromatic heterocycles. The maximum Gasteiger partial charge on any atom is 0.335 e. The second-order valence-corrected chi connectivity index (χ2v) is 22.6. The lowest BCUT2D eigenvalue weighted by molar-refractivity contribution is -0.389. The molecule has 8 rings (SSSR count). The molecule has 0 saturated carbocycles. The van der Waals surface area contributed by atoms with Gasteiger partial charge in [0.15, 0.2) is 93.0 Å². The van der Waals surface area contributed by atoms with Crippen molar-refractivity contribution in [2.24, 2.45) is 0 Å². The highest BCUT2D eigenvalue weighted by Crippen LogP contribution is 2.39. The lowest BCUT2D eigenvalue weighted by atomic mass is 9.94. The highest BCUT2D eigenvalue weighted by Gasteiger charge is 2.62. The fourth-order valence-corrected chi connectivity index (χ4v) is 11.3. The Hall–Kier alpha value is -5.07. The molecule has 0 amide bonds. The van der Waals surface area contributed by atoms with E-state index < -0.39 is 294 Å². The van der Waals surface area contributed by atoms with Crippen LogP contribution in [0.25, 0.3) is 0 Å². The second-order valence-electron chi connectivity index (χ2n) is 22.6. The second kappa shape index (κ2) is 30.8. The van der Waals surface area contributed by atoms with E-state index in [0.717, 1.165) is 0 Å². The highest BCUT2D eigenvalue weighted by atomic mass is 16.8. The number of aliphatic hydroxyl groups is 19. The molecule has 548 valence electrons. The van der Waals surface area contributed by atoms with Gasteiger partial charge in [-0.2, -0.15) is 0 Å². The van der Waals surface area contributed by atoms with Crippen molar-refractivity contribution in [3.8, 4) is 0 Å². The third-order valence-electron chi connectivity index (χ3n) is 16.4. The van der Waals surface area contributed by atoms with Crippen LogP contribution in [0.2, 0.25) is 0 Å². The van der Waals surface area contributed by atoms with Crippen LogP contribution in [0.3, 0.4) is 0 Å². The minimum Gasteiger partial charge on any atom is -0.479 e. The van der Waals surface area contributed by atoms with Gasteiger partial charge in [-0.3, -0.25) is 0 Å². The summed E-state index contributed by atoms with van der Waals surface area (Å²) >= 11 is 0. The monoisotopic (exact) mass is 1410 g/mol. The molecule has 26 N–H and O–H groups in total. The predicted molar refractivity (Wildman–Crippen MR) is 268 cm³/mol. The van der Waals surface area contributed by atoms with Gasteiger partial charge in [0.2, 0.25) is 0 Å². The molecule has 8 heterocycles. The summed E-state index contributed by atoms with van der Waals surface area (Å²) in [5.41, 5.74) is 0. The number of aliphatic carboxylic acids is 7. The van der Waals surface area contributed by atoms with Crippen molar-refractivity contribution in [2.45, 2.75) is 246 Å². The van der Waals surface area contributed by atoms with Gasteiger partial charge < -0.3 is 204 Å². The lowest BCUT2D eigenvalue weighted by Crippen LogP contribution is -2.69. The smallest absolute Gasteiger partial charge is 0.335 e. The van der Waals surface area contributed by atoms with Crippen LogP contribution in [-0.2, 0) is 105 Å². The third-order valence-corrected chi connectivity index (χ3v) is 16.4. The maximum atomic E-state index is 12.7. The Balaban J connectivity index is 0.904. The van der Waals surface area contributed by atoms with Crippen molar-refractivity contribution in [1.82, 2.24) is 0 Å². The van der Waals surface area contributed by atoms with Crippen LogP contribution in [0, 0.1) is 0 Å². The van der Waals surface area contributed by atoms with Crippen LogP contribution in [0.1, 0.15) is 0 Å². The zero-order chi connectivity index (χ0) is 71.4. The molecule has 48 nitrogen and oxygen atoms in total. The van der Waals surface area contributed by atoms with Gasteiger partial charge in [-0.05, 0) is 0 Å². The van der Waals surface area contributed by atoms with Crippen LogP contribution in [-0.4, -0.2) is 427 Å². The van der Waals surface area contributed by atoms with Crippen LogP contribution < -0.4 is 0 Å². The number of carboxylic acids is 7. The summed E-state index contributed by atoms with van der Waals surface area (Å²) in [5.74, 6) is -14.8. The Morgan fingerprint density at radius 1 is 0.219 bits per heavy atom. The minimum atomic E-state index is -2.75. The molecule has 8 saturated heterocycles. The van der Waals surface area contributed by atoms with Gasteiger partial charge in [0.1, 0.15) is 153 Å². The van der Waals surface area contributed by atoms with E-state index in [4.69, 9.17) is 71.1 Å². The first-order valence-electron chi connectivity index (χ1n) is 28.1. The molecule has 0 bridgehead atoms. The zero-order valence-corrected chi connectivity index (χ0v) is 47.9. The van der Waals surface area contributed by atoms with E-state index in [-0.39, 0.29) is 0 Å². The Labute approximate surface area is 530 Å². The number of aliphatic hydroxyl groups excluding tert-OH is 19. The van der Waals surface area contributed by atoms with E-state index in [1.165, 1.54) is 0 Å². The predicted octanol–water partition coefficient (Wildman–Crippen LogP) is -17.8. The number of hydrogen-bond donors (Lipinski definition) is 26. The summed E-state index contributed by atoms with van der Waals surface area (Å²) in [4.78, 5) is 87.0. The van der Waals surface area contributed by atoms with Gasteiger partial charge >= 0.3 is 41.8 Å². The molecule has 8 aliphatic rings. The van der Waals surface area contributed by atoms with Crippen LogP contribution in [0.4, 0.5) is 0 Å². The quantitative estimate of drug-likeness (QED) is 0.0479. The molecule has 40 atom stereocenters. The summed E-state index contributed by atoms with van der Waals surface area (Å²) in [6.07, 6.45) is -99.9. The number of rotatable bonds is 22. The average molecular weight is 1410 g/mol. The number of hydrogen-bond acceptors (Lipinski definition) is 41. The average Bonchev–Trinajstić information content (AvgIpc) is 0.772. The normalized spacial score (nSPS) is 50.2. The van der Waals surface area contributed by atoms with E-state index in [2.05, 4.69) is 0 Å². The molecule has 0 radical (unpaired) electrons. The summed E-state index contributed by atoms with van der Waals surface area (Å²) in [7, 11) is 0. The first-order chi connectivity index (χ1) is 44.8. The van der Waals surface area contributed by atoms with Crippen molar-refractivity contribution in [1.29, 1.82) is 0 Å². The van der Waals surface area contributed by atoms with Crippen LogP contribution >= 0.6 is 0 Å². The van der Waals surface area contributed by atoms with Gasteiger partial charge in [-0.15, -0.1) is 0 Å². The van der Waals surface area contributed by atoms with Gasteiger partial charge in [0, 0.05) is 0 Å². The Morgan fingerprint density at radius 3 is 0.594 bits per heavy atom. The fraction of sp³-hybridized carbons (Fsp3) is 0.854. The maximum absolute atomic E-state index is 12.7. The lowest BCUT2D eigenvalue weighted by Gasteiger charge is -2.49. The molecule has 0 spiro atoms. The minimum absolute atomic E-state index is 1.02. The van der Waals surface area contributed by atoms with Crippen molar-refractivity contribution < 1.29 is 237 Å². The zero-order valence-electron chi connectivity index (χ0n) is 47.9. The molecule has 0 aromatic carbocycles. The summed E-state index contributed by atoms with van der Waals surface area (Å²) in [6.45, 7) is -1.02. The molecule has 0 aliphatic carbocycles. The van der Waals surface area contributed by atoms with E-state index in [9.17, 15) is 166 Å². The van der Waals surface area contributed by atoms with E-state index >= 15 is 0 Å². The van der Waals surface area contributed by atoms with Crippen molar-refractivity contribution in [3.05, 3.63) is 0 Å². The largest absolute Gasteiger partial charge is 0.479 e. The van der Waals surface area contributed by atoms with Crippen molar-refractivity contribution in [3.63, 3.8) is 0 Å². The molecule has 8 fully saturated rings. The SMILES string of the molecule is O=C(O)[C@H]1O[C@H](O[C@@H]2[C@H](O)[C@@H](O)[C@@H](O[C@@H]3[C@H](O)[C@@H](O)[C@@H](O[C@@H]4[C@H](O)[C@@H](O)[C@@H](O[C@@H]5[C@H](O)[C@@H](O)[C@@H](O[C@@H]6[C@H](O)[C@@H](O)[C@@H](O[C@@H]7[C@H](O)[C@@H](O)[C@@H](O[C@@H]8[C@H](O)[C@@H](O)C(O)O[C@@H]8CO)O[C@@H]7C(=O)O)O[C@@H]6C(=O)O)O[C@@H]5C(=O)O)O[C@@H]4C(=O)O)O[C@@H]3C(=O)O)O[C@@H]2C(=O)O)[C@H](O)[C@@H](O)[C@H]1O. The molecule has 1 unspecified atom stereocenters. The van der Waals surface area contributed by atoms with Crippen molar-refractivity contribution >= 4 is 41.8 Å². The van der Waals surface area contributed by atoms with Crippen molar-refractivity contribution in [2.75, 3.05) is 6.61 Å². The Kier molecular flexibility index (Phi) is 24.6. The summed E-state index contributed by atoms with van der Waals surface area (Å²) < 4.78 is 78.3. The molecular formula is C48H68O48. The Bertz CT molecular complexity index is 2730. The number of carbonyl (C=O) groups is 7. The van der Waals surface area contributed by atoms with E-state index in [1.54, 1.807) is 0 Å². The van der Waals surface area contributed by atoms with Crippen LogP contribution in [0.5, 0.6) is 0 Å². The van der Waals surface area contributed by atoms with Gasteiger partial charge in [0.25, 0.3) is 0 Å².